The van der Waals surface area contributed by atoms with Crippen molar-refractivity contribution in [2.24, 2.45) is 17.3 Å². The van der Waals surface area contributed by atoms with Crippen LogP contribution >= 0.6 is 0 Å². The molecule has 0 atom stereocenters. The Morgan fingerprint density at radius 2 is 1.57 bits per heavy atom. The smallest absolute Gasteiger partial charge is 0.317 e. The van der Waals surface area contributed by atoms with Crippen molar-refractivity contribution in [2.75, 3.05) is 0 Å². The van der Waals surface area contributed by atoms with Gasteiger partial charge >= 0.3 is 5.97 Å². The summed E-state index contributed by atoms with van der Waals surface area (Å²) in [6, 6.07) is 8.16. The molecule has 1 aromatic carbocycles. The molecule has 0 heterocycles. The molecular formula is C26H40O2. The molecule has 2 saturated carbocycles. The normalized spacial score (nSPS) is 26.1. The lowest BCUT2D eigenvalue weighted by Gasteiger charge is -2.41. The second kappa shape index (κ2) is 10.5. The summed E-state index contributed by atoms with van der Waals surface area (Å²) in [4.78, 5) is 13.3. The number of rotatable bonds is 8. The van der Waals surface area contributed by atoms with E-state index in [0.717, 1.165) is 62.5 Å². The summed E-state index contributed by atoms with van der Waals surface area (Å²) < 4.78 is 5.93. The lowest BCUT2D eigenvalue weighted by atomic mass is 9.63. The molecule has 0 radical (unpaired) electrons. The van der Waals surface area contributed by atoms with Crippen LogP contribution in [0.2, 0.25) is 0 Å². The van der Waals surface area contributed by atoms with Crippen molar-refractivity contribution in [3.8, 4) is 5.75 Å². The average Bonchev–Trinajstić information content (AvgIpc) is 2.75. The van der Waals surface area contributed by atoms with E-state index in [9.17, 15) is 4.79 Å². The third kappa shape index (κ3) is 5.39. The Labute approximate surface area is 172 Å². The predicted octanol–water partition coefficient (Wildman–Crippen LogP) is 7.49. The minimum Gasteiger partial charge on any atom is -0.426 e. The van der Waals surface area contributed by atoms with E-state index in [1.165, 1.54) is 50.5 Å². The number of hydrogen-bond donors (Lipinski definition) is 0. The molecule has 2 aliphatic rings. The third-order valence-corrected chi connectivity index (χ3v) is 7.42. The molecule has 0 bridgehead atoms. The number of benzene rings is 1. The quantitative estimate of drug-likeness (QED) is 0.343. The molecule has 2 nitrogen and oxygen atoms in total. The summed E-state index contributed by atoms with van der Waals surface area (Å²) in [5, 5.41) is 0. The first kappa shape index (κ1) is 21.4. The minimum atomic E-state index is -0.247. The summed E-state index contributed by atoms with van der Waals surface area (Å²) >= 11 is 0. The maximum Gasteiger partial charge on any atom is 0.317 e. The molecule has 0 aromatic heterocycles. The Kier molecular flexibility index (Phi) is 8.00. The van der Waals surface area contributed by atoms with Crippen LogP contribution in [0.1, 0.15) is 103 Å². The predicted molar refractivity (Wildman–Crippen MR) is 117 cm³/mol. The number of hydrogen-bond acceptors (Lipinski definition) is 2. The van der Waals surface area contributed by atoms with Crippen LogP contribution in [0, 0.1) is 17.3 Å². The van der Waals surface area contributed by atoms with E-state index in [4.69, 9.17) is 4.74 Å². The van der Waals surface area contributed by atoms with Gasteiger partial charge in [-0.15, -0.1) is 0 Å². The lowest BCUT2D eigenvalue weighted by Crippen LogP contribution is -2.40. The van der Waals surface area contributed by atoms with E-state index in [-0.39, 0.29) is 11.4 Å². The Morgan fingerprint density at radius 3 is 2.18 bits per heavy atom. The summed E-state index contributed by atoms with van der Waals surface area (Å²) in [7, 11) is 0. The first-order valence-corrected chi connectivity index (χ1v) is 12.0. The van der Waals surface area contributed by atoms with Crippen molar-refractivity contribution in [2.45, 2.75) is 104 Å². The molecule has 2 fully saturated rings. The summed E-state index contributed by atoms with van der Waals surface area (Å²) in [5.74, 6) is 2.51. The molecule has 0 aliphatic heterocycles. The molecule has 0 amide bonds. The van der Waals surface area contributed by atoms with Crippen molar-refractivity contribution >= 4 is 5.97 Å². The molecule has 0 spiro atoms. The van der Waals surface area contributed by atoms with E-state index in [0.29, 0.717) is 0 Å². The molecule has 156 valence electrons. The van der Waals surface area contributed by atoms with E-state index >= 15 is 0 Å². The van der Waals surface area contributed by atoms with Gasteiger partial charge in [0.15, 0.2) is 0 Å². The molecule has 2 heteroatoms. The highest BCUT2D eigenvalue weighted by Crippen LogP contribution is 2.48. The number of esters is 1. The highest BCUT2D eigenvalue weighted by molar-refractivity contribution is 5.79. The monoisotopic (exact) mass is 384 g/mol. The lowest BCUT2D eigenvalue weighted by molar-refractivity contribution is -0.149. The number of unbranched alkanes of at least 4 members (excludes halogenated alkanes) is 1. The van der Waals surface area contributed by atoms with E-state index < -0.39 is 0 Å². The van der Waals surface area contributed by atoms with Gasteiger partial charge in [-0.05, 0) is 68.1 Å². The van der Waals surface area contributed by atoms with Gasteiger partial charge in [0.25, 0.3) is 0 Å². The molecular weight excluding hydrogens is 344 g/mol. The maximum absolute atomic E-state index is 13.3. The van der Waals surface area contributed by atoms with Crippen LogP contribution in [-0.4, -0.2) is 5.97 Å². The minimum absolute atomic E-state index is 0.0336. The van der Waals surface area contributed by atoms with Crippen LogP contribution in [0.4, 0.5) is 0 Å². The summed E-state index contributed by atoms with van der Waals surface area (Å²) in [6.07, 6.45) is 17.1. The Balaban J connectivity index is 1.62. The fraction of sp³-hybridized carbons (Fsp3) is 0.731. The first-order chi connectivity index (χ1) is 13.7. The summed E-state index contributed by atoms with van der Waals surface area (Å²) in [5.41, 5.74) is 1.07. The van der Waals surface area contributed by atoms with Crippen molar-refractivity contribution < 1.29 is 9.53 Å². The number of aryl methyl sites for hydroxylation is 1. The van der Waals surface area contributed by atoms with Crippen LogP contribution in [0.15, 0.2) is 24.3 Å². The van der Waals surface area contributed by atoms with Crippen LogP contribution in [-0.2, 0) is 11.2 Å². The van der Waals surface area contributed by atoms with Crippen molar-refractivity contribution in [3.63, 3.8) is 0 Å². The molecule has 1 aromatic rings. The molecule has 28 heavy (non-hydrogen) atoms. The zero-order valence-electron chi connectivity index (χ0n) is 18.2. The van der Waals surface area contributed by atoms with Gasteiger partial charge in [-0.3, -0.25) is 4.79 Å². The summed E-state index contributed by atoms with van der Waals surface area (Å²) in [6.45, 7) is 4.41. The maximum atomic E-state index is 13.3. The second-order valence-corrected chi connectivity index (χ2v) is 9.40. The molecule has 2 aliphatic carbocycles. The molecule has 0 N–H and O–H groups in total. The van der Waals surface area contributed by atoms with Crippen LogP contribution in [0.3, 0.4) is 0 Å². The Bertz CT molecular complexity index is 589. The number of ether oxygens (including phenoxy) is 1. The van der Waals surface area contributed by atoms with Crippen LogP contribution in [0.25, 0.3) is 0 Å². The number of carbonyl (C=O) groups excluding carboxylic acids is 1. The zero-order chi connectivity index (χ0) is 19.8. The fourth-order valence-corrected chi connectivity index (χ4v) is 5.57. The van der Waals surface area contributed by atoms with E-state index in [2.05, 4.69) is 26.0 Å². The molecule has 0 unspecified atom stereocenters. The topological polar surface area (TPSA) is 26.3 Å². The fourth-order valence-electron chi connectivity index (χ4n) is 5.57. The van der Waals surface area contributed by atoms with Gasteiger partial charge in [0.1, 0.15) is 5.75 Å². The first-order valence-electron chi connectivity index (χ1n) is 12.0. The van der Waals surface area contributed by atoms with Gasteiger partial charge in [0.05, 0.1) is 5.41 Å². The highest BCUT2D eigenvalue weighted by atomic mass is 16.5. The van der Waals surface area contributed by atoms with Crippen LogP contribution < -0.4 is 4.74 Å². The Hall–Kier alpha value is -1.31. The van der Waals surface area contributed by atoms with Crippen LogP contribution in [0.5, 0.6) is 5.75 Å². The van der Waals surface area contributed by atoms with Gasteiger partial charge < -0.3 is 4.74 Å². The SMILES string of the molecule is CCCCC1(C(=O)Oc2ccc(CCC)cc2)CCC(C2CCCCC2)CC1. The van der Waals surface area contributed by atoms with Gasteiger partial charge in [0, 0.05) is 0 Å². The average molecular weight is 385 g/mol. The largest absolute Gasteiger partial charge is 0.426 e. The third-order valence-electron chi connectivity index (χ3n) is 7.42. The van der Waals surface area contributed by atoms with Gasteiger partial charge in [-0.25, -0.2) is 0 Å². The van der Waals surface area contributed by atoms with E-state index in [1.807, 2.05) is 12.1 Å². The standard InChI is InChI=1S/C26H40O2/c1-3-5-18-26(19-16-23(17-20-26)22-10-7-6-8-11-22)25(27)28-24-14-12-21(9-4-2)13-15-24/h12-15,22-23H,3-11,16-20H2,1-2H3. The van der Waals surface area contributed by atoms with E-state index in [1.54, 1.807) is 0 Å². The molecule has 3 rings (SSSR count). The second-order valence-electron chi connectivity index (χ2n) is 9.40. The highest BCUT2D eigenvalue weighted by Gasteiger charge is 2.44. The molecule has 0 saturated heterocycles. The van der Waals surface area contributed by atoms with Gasteiger partial charge in [0.2, 0.25) is 0 Å². The zero-order valence-corrected chi connectivity index (χ0v) is 18.2. The van der Waals surface area contributed by atoms with Crippen molar-refractivity contribution in [1.29, 1.82) is 0 Å². The van der Waals surface area contributed by atoms with Crippen molar-refractivity contribution in [3.05, 3.63) is 29.8 Å². The van der Waals surface area contributed by atoms with Gasteiger partial charge in [-0.2, -0.15) is 0 Å². The van der Waals surface area contributed by atoms with Gasteiger partial charge in [-0.1, -0.05) is 77.3 Å². The van der Waals surface area contributed by atoms with Crippen molar-refractivity contribution in [1.82, 2.24) is 0 Å². The Morgan fingerprint density at radius 1 is 0.929 bits per heavy atom. The number of carbonyl (C=O) groups is 1.